The van der Waals surface area contributed by atoms with Gasteiger partial charge in [-0.05, 0) is 64.7 Å². The number of hydrogen-bond acceptors (Lipinski definition) is 4. The summed E-state index contributed by atoms with van der Waals surface area (Å²) >= 11 is 0. The van der Waals surface area contributed by atoms with Gasteiger partial charge in [-0.2, -0.15) is 0 Å². The van der Waals surface area contributed by atoms with Crippen molar-refractivity contribution in [2.75, 3.05) is 0 Å². The molecule has 3 heterocycles. The third-order valence-electron chi connectivity index (χ3n) is 13.1. The Morgan fingerprint density at radius 3 is 1.40 bits per heavy atom. The number of para-hydroxylation sites is 1. The van der Waals surface area contributed by atoms with Gasteiger partial charge in [-0.25, -0.2) is 15.0 Å². The average Bonchev–Trinajstić information content (AvgIpc) is 3.91. The molecule has 5 nitrogen and oxygen atoms in total. The number of nitrogens with zero attached hydrogens (tertiary/aromatic N) is 4. The van der Waals surface area contributed by atoms with Crippen LogP contribution in [0.3, 0.4) is 0 Å². The van der Waals surface area contributed by atoms with E-state index in [2.05, 4.69) is 59.2 Å². The summed E-state index contributed by atoms with van der Waals surface area (Å²) in [6.07, 6.45) is 0. The van der Waals surface area contributed by atoms with Crippen molar-refractivity contribution in [1.82, 2.24) is 19.5 Å². The summed E-state index contributed by atoms with van der Waals surface area (Å²) in [4.78, 5) is 14.6. The van der Waals surface area contributed by atoms with E-state index in [4.69, 9.17) is 129 Å². The van der Waals surface area contributed by atoms with E-state index in [1.807, 2.05) is 48.5 Å². The highest BCUT2D eigenvalue weighted by Crippen LogP contribution is 2.38. The van der Waals surface area contributed by atoms with Crippen molar-refractivity contribution >= 4 is 230 Å². The van der Waals surface area contributed by atoms with Crippen molar-refractivity contribution in [3.8, 4) is 62.1 Å². The second-order valence-electron chi connectivity index (χ2n) is 17.0. The fourth-order valence-electron chi connectivity index (χ4n) is 9.38. The molecule has 290 valence electrons. The Bertz CT molecular complexity index is 4020. The minimum Gasteiger partial charge on any atom is -0.456 e. The highest BCUT2D eigenvalue weighted by Gasteiger charge is 2.25. The Labute approximate surface area is 422 Å². The van der Waals surface area contributed by atoms with E-state index in [1.54, 1.807) is 6.07 Å². The standard InChI is InChI=1S/C51H18B14N4O/c52-35-31(32-37(54)43(60)47(64)44(61)38(32)55)36(53)42(59)39(56)33(35)50-66-49(67-51(68-50)34-40(57)45(62)48(65)46(63)41(34)58)21-11-14-25-26-18-22(12-15-29(26)70-30(25)17-21)69-27-9-5-4-8-23(27)24-13-10-20(16-28(24)69)19-6-2-1-3-7-19/h1-18H. The molecule has 0 fully saturated rings. The quantitative estimate of drug-likeness (QED) is 0.162. The Morgan fingerprint density at radius 2 is 0.771 bits per heavy atom. The smallest absolute Gasteiger partial charge is 0.164 e. The van der Waals surface area contributed by atoms with E-state index in [-0.39, 0.29) is 116 Å². The van der Waals surface area contributed by atoms with Crippen molar-refractivity contribution in [3.05, 3.63) is 109 Å². The van der Waals surface area contributed by atoms with Gasteiger partial charge in [0.1, 0.15) is 121 Å². The molecular formula is C51H18B14N4O. The molecular weight excluding hydrogens is 836 g/mol. The third-order valence-corrected chi connectivity index (χ3v) is 13.1. The zero-order valence-electron chi connectivity index (χ0n) is 37.2. The van der Waals surface area contributed by atoms with E-state index in [9.17, 15) is 0 Å². The van der Waals surface area contributed by atoms with Crippen molar-refractivity contribution < 1.29 is 4.42 Å². The van der Waals surface area contributed by atoms with Crippen LogP contribution in [0, 0.1) is 0 Å². The maximum Gasteiger partial charge on any atom is 0.164 e. The fraction of sp³-hybridized carbons (Fsp3) is 0. The van der Waals surface area contributed by atoms with Gasteiger partial charge in [-0.15, -0.1) is 38.2 Å². The van der Waals surface area contributed by atoms with Gasteiger partial charge >= 0.3 is 0 Å². The van der Waals surface area contributed by atoms with Crippen molar-refractivity contribution in [2.45, 2.75) is 0 Å². The molecule has 3 aromatic heterocycles. The molecule has 0 saturated heterocycles. The molecule has 0 unspecified atom stereocenters. The second-order valence-corrected chi connectivity index (χ2v) is 17.0. The summed E-state index contributed by atoms with van der Waals surface area (Å²) in [6, 6.07) is 37.0. The SMILES string of the molecule is [B]c1c([B])c([B])c(-c2nc(-c3ccc4c(c3)oc3ccc(-n5c6ccccc6c6ccc(-c7ccccc7)cc65)cc34)nc(-c3c([B])c([B])c([B])c(-c4c([B])c([B])c([B])c([B])c4[B])c3[B])n2)c([B])c1[B]. The van der Waals surface area contributed by atoms with Crippen LogP contribution in [0.2, 0.25) is 0 Å². The van der Waals surface area contributed by atoms with E-state index >= 15 is 0 Å². The molecule has 0 N–H and O–H groups in total. The Morgan fingerprint density at radius 1 is 0.300 bits per heavy atom. The molecule has 11 rings (SSSR count). The number of aromatic nitrogens is 4. The molecule has 0 spiro atoms. The van der Waals surface area contributed by atoms with E-state index in [0.29, 0.717) is 16.7 Å². The Hall–Kier alpha value is -6.72. The predicted octanol–water partition coefficient (Wildman–Crippen LogP) is -3.68. The summed E-state index contributed by atoms with van der Waals surface area (Å²) in [6.45, 7) is 0. The molecule has 28 radical (unpaired) electrons. The normalized spacial score (nSPS) is 11.7. The summed E-state index contributed by atoms with van der Waals surface area (Å²) < 4.78 is 8.82. The zero-order valence-corrected chi connectivity index (χ0v) is 37.2. The number of furan rings is 1. The molecule has 19 heteroatoms. The maximum absolute atomic E-state index is 7.00. The predicted molar refractivity (Wildman–Crippen MR) is 304 cm³/mol. The third kappa shape index (κ3) is 6.93. The molecule has 0 atom stereocenters. The minimum absolute atomic E-state index is 0.0107. The molecule has 0 bridgehead atoms. The molecule has 0 aliphatic rings. The zero-order chi connectivity index (χ0) is 49.2. The van der Waals surface area contributed by atoms with Crippen molar-refractivity contribution in [1.29, 1.82) is 0 Å². The molecule has 0 aliphatic carbocycles. The first-order valence-electron chi connectivity index (χ1n) is 21.7. The van der Waals surface area contributed by atoms with E-state index < -0.39 is 0 Å². The lowest BCUT2D eigenvalue weighted by Gasteiger charge is -2.28. The van der Waals surface area contributed by atoms with Gasteiger partial charge in [0, 0.05) is 43.9 Å². The lowest BCUT2D eigenvalue weighted by atomic mass is 9.56. The highest BCUT2D eigenvalue weighted by molar-refractivity contribution is 6.71. The van der Waals surface area contributed by atoms with E-state index in [0.717, 1.165) is 49.4 Å². The van der Waals surface area contributed by atoms with Crippen LogP contribution in [0.15, 0.2) is 114 Å². The molecule has 11 aromatic rings. The van der Waals surface area contributed by atoms with E-state index in [1.165, 1.54) is 0 Å². The number of benzene rings is 8. The summed E-state index contributed by atoms with van der Waals surface area (Å²) in [5.41, 5.74) is 6.46. The monoisotopic (exact) mass is 856 g/mol. The fourth-order valence-corrected chi connectivity index (χ4v) is 9.38. The largest absolute Gasteiger partial charge is 0.456 e. The number of hydrogen-bond donors (Lipinski definition) is 0. The average molecular weight is 854 g/mol. The van der Waals surface area contributed by atoms with Gasteiger partial charge in [0.05, 0.1) is 11.0 Å². The van der Waals surface area contributed by atoms with Crippen LogP contribution in [-0.2, 0) is 0 Å². The first-order valence-corrected chi connectivity index (χ1v) is 21.7. The molecule has 0 amide bonds. The minimum atomic E-state index is -0.101. The van der Waals surface area contributed by atoms with Gasteiger partial charge in [0.2, 0.25) is 0 Å². The molecule has 0 aliphatic heterocycles. The summed E-state index contributed by atoms with van der Waals surface area (Å²) in [5.74, 6) is -0.0636. The van der Waals surface area contributed by atoms with Crippen LogP contribution in [0.1, 0.15) is 0 Å². The van der Waals surface area contributed by atoms with Crippen molar-refractivity contribution in [3.63, 3.8) is 0 Å². The summed E-state index contributed by atoms with van der Waals surface area (Å²) in [7, 11) is 90.8. The highest BCUT2D eigenvalue weighted by atomic mass is 16.3. The number of fused-ring (bicyclic) bond motifs is 6. The van der Waals surface area contributed by atoms with Crippen LogP contribution in [0.4, 0.5) is 0 Å². The topological polar surface area (TPSA) is 56.7 Å². The molecule has 8 aromatic carbocycles. The van der Waals surface area contributed by atoms with Crippen molar-refractivity contribution in [2.24, 2.45) is 0 Å². The lowest BCUT2D eigenvalue weighted by molar-refractivity contribution is 0.669. The summed E-state index contributed by atoms with van der Waals surface area (Å²) in [5, 5.41) is 3.98. The van der Waals surface area contributed by atoms with Crippen LogP contribution in [-0.4, -0.2) is 129 Å². The first-order chi connectivity index (χ1) is 33.5. The van der Waals surface area contributed by atoms with Gasteiger partial charge in [-0.1, -0.05) is 105 Å². The van der Waals surface area contributed by atoms with Gasteiger partial charge in [0.25, 0.3) is 0 Å². The van der Waals surface area contributed by atoms with Crippen LogP contribution in [0.25, 0.3) is 106 Å². The number of rotatable bonds is 6. The first kappa shape index (κ1) is 45.7. The Balaban J connectivity index is 1.11. The maximum atomic E-state index is 7.00. The molecule has 70 heavy (non-hydrogen) atoms. The molecule has 0 saturated carbocycles. The second kappa shape index (κ2) is 17.0. The Kier molecular flexibility index (Phi) is 11.1. The lowest BCUT2D eigenvalue weighted by Crippen LogP contribution is -2.57. The van der Waals surface area contributed by atoms with Crippen LogP contribution < -0.4 is 76.5 Å². The van der Waals surface area contributed by atoms with Crippen LogP contribution in [0.5, 0.6) is 0 Å². The van der Waals surface area contributed by atoms with Gasteiger partial charge in [0.15, 0.2) is 17.5 Å². The van der Waals surface area contributed by atoms with Gasteiger partial charge < -0.3 is 8.98 Å². The van der Waals surface area contributed by atoms with Crippen LogP contribution >= 0.6 is 0 Å². The van der Waals surface area contributed by atoms with Gasteiger partial charge in [-0.3, -0.25) is 0 Å².